The van der Waals surface area contributed by atoms with Crippen molar-refractivity contribution in [2.24, 2.45) is 0 Å². The van der Waals surface area contributed by atoms with Crippen molar-refractivity contribution < 1.29 is 38.4 Å². The van der Waals surface area contributed by atoms with E-state index < -0.39 is 53.5 Å². The van der Waals surface area contributed by atoms with Gasteiger partial charge in [-0.05, 0) is 74.5 Å². The fourth-order valence-corrected chi connectivity index (χ4v) is 2.73. The van der Waals surface area contributed by atoms with Gasteiger partial charge in [0.1, 0.15) is 23.4 Å². The van der Waals surface area contributed by atoms with Crippen molar-refractivity contribution in [3.8, 4) is 0 Å². The second-order valence-electron chi connectivity index (χ2n) is 10.4. The van der Waals surface area contributed by atoms with E-state index in [1.807, 2.05) is 20.8 Å². The van der Waals surface area contributed by atoms with E-state index in [1.165, 1.54) is 0 Å². The lowest BCUT2D eigenvalue weighted by atomic mass is 9.96. The van der Waals surface area contributed by atoms with Crippen LogP contribution in [0.1, 0.15) is 75.2 Å². The molecule has 1 aliphatic rings. The molecule has 4 unspecified atom stereocenters. The zero-order chi connectivity index (χ0) is 23.3. The molecule has 0 aliphatic heterocycles. The Morgan fingerprint density at radius 2 is 1.13 bits per heavy atom. The Bertz CT molecular complexity index is 606. The third-order valence-corrected chi connectivity index (χ3v) is 3.69. The molecule has 0 aromatic carbocycles. The van der Waals surface area contributed by atoms with Crippen molar-refractivity contribution >= 4 is 12.3 Å². The van der Waals surface area contributed by atoms with Crippen LogP contribution in [0.25, 0.3) is 0 Å². The molecule has 0 fully saturated rings. The van der Waals surface area contributed by atoms with Gasteiger partial charge in [0.2, 0.25) is 0 Å². The lowest BCUT2D eigenvalue weighted by Gasteiger charge is -2.35. The summed E-state index contributed by atoms with van der Waals surface area (Å²) >= 11 is 0. The molecule has 1 N–H and O–H groups in total. The van der Waals surface area contributed by atoms with Crippen molar-refractivity contribution in [1.82, 2.24) is 0 Å². The lowest BCUT2D eigenvalue weighted by Crippen LogP contribution is -2.42. The number of rotatable bonds is 3. The highest BCUT2D eigenvalue weighted by Gasteiger charge is 2.34. The number of aliphatic hydroxyl groups excluding tert-OH is 1. The highest BCUT2D eigenvalue weighted by molar-refractivity contribution is 5.61. The SMILES string of the molecule is CC(C)(C)OC(=O)OC1/C=C/C(OC(=O)OC(C)(C)C)CC(OC(C)(C)C)C(O)C1. The summed E-state index contributed by atoms with van der Waals surface area (Å²) in [4.78, 5) is 24.2. The number of hydrogen-bond acceptors (Lipinski definition) is 8. The number of ether oxygens (including phenoxy) is 5. The van der Waals surface area contributed by atoms with E-state index >= 15 is 0 Å². The maximum atomic E-state index is 12.1. The van der Waals surface area contributed by atoms with Gasteiger partial charge in [0.05, 0.1) is 17.8 Å². The van der Waals surface area contributed by atoms with Gasteiger partial charge in [-0.25, -0.2) is 9.59 Å². The first-order chi connectivity index (χ1) is 13.4. The Labute approximate surface area is 179 Å². The molecule has 0 aromatic rings. The van der Waals surface area contributed by atoms with Crippen LogP contribution in [-0.2, 0) is 23.7 Å². The largest absolute Gasteiger partial charge is 0.509 e. The molecule has 1 rings (SSSR count). The first-order valence-corrected chi connectivity index (χ1v) is 10.3. The van der Waals surface area contributed by atoms with E-state index in [2.05, 4.69) is 0 Å². The zero-order valence-electron chi connectivity index (χ0n) is 19.7. The van der Waals surface area contributed by atoms with Crippen LogP contribution in [0.15, 0.2) is 12.2 Å². The van der Waals surface area contributed by atoms with E-state index in [0.717, 1.165) is 0 Å². The highest BCUT2D eigenvalue weighted by Crippen LogP contribution is 2.25. The van der Waals surface area contributed by atoms with Crippen molar-refractivity contribution in [1.29, 1.82) is 0 Å². The molecule has 8 heteroatoms. The zero-order valence-corrected chi connectivity index (χ0v) is 19.7. The fourth-order valence-electron chi connectivity index (χ4n) is 2.73. The molecule has 0 saturated carbocycles. The minimum atomic E-state index is -0.952. The fraction of sp³-hybridized carbons (Fsp3) is 0.818. The van der Waals surface area contributed by atoms with E-state index in [4.69, 9.17) is 23.7 Å². The average molecular weight is 431 g/mol. The van der Waals surface area contributed by atoms with Gasteiger partial charge in [0.25, 0.3) is 0 Å². The topological polar surface area (TPSA) is 101 Å². The van der Waals surface area contributed by atoms with Gasteiger partial charge in [0.15, 0.2) is 0 Å². The minimum Gasteiger partial charge on any atom is -0.429 e. The normalized spacial score (nSPS) is 26.7. The molecule has 30 heavy (non-hydrogen) atoms. The van der Waals surface area contributed by atoms with Gasteiger partial charge in [-0.15, -0.1) is 0 Å². The van der Waals surface area contributed by atoms with Crippen LogP contribution in [0.5, 0.6) is 0 Å². The summed E-state index contributed by atoms with van der Waals surface area (Å²) in [6.07, 6.45) is -1.23. The van der Waals surface area contributed by atoms with Gasteiger partial charge < -0.3 is 28.8 Å². The molecule has 0 spiro atoms. The first kappa shape index (κ1) is 26.2. The summed E-state index contributed by atoms with van der Waals surface area (Å²) in [5.74, 6) is 0. The van der Waals surface area contributed by atoms with Crippen molar-refractivity contribution in [3.63, 3.8) is 0 Å². The Morgan fingerprint density at radius 1 is 0.733 bits per heavy atom. The number of carbonyl (C=O) groups is 2. The van der Waals surface area contributed by atoms with Gasteiger partial charge >= 0.3 is 12.3 Å². The summed E-state index contributed by atoms with van der Waals surface area (Å²) in [7, 11) is 0. The molecule has 0 radical (unpaired) electrons. The van der Waals surface area contributed by atoms with Crippen LogP contribution in [0.3, 0.4) is 0 Å². The van der Waals surface area contributed by atoms with E-state index in [1.54, 1.807) is 53.7 Å². The molecule has 1 aliphatic carbocycles. The van der Waals surface area contributed by atoms with E-state index in [9.17, 15) is 14.7 Å². The summed E-state index contributed by atoms with van der Waals surface area (Å²) in [6, 6.07) is 0. The van der Waals surface area contributed by atoms with Crippen molar-refractivity contribution in [2.75, 3.05) is 0 Å². The molecule has 4 atom stereocenters. The number of carbonyl (C=O) groups excluding carboxylic acids is 2. The van der Waals surface area contributed by atoms with Gasteiger partial charge in [-0.2, -0.15) is 0 Å². The molecule has 0 bridgehead atoms. The van der Waals surface area contributed by atoms with Crippen LogP contribution >= 0.6 is 0 Å². The van der Waals surface area contributed by atoms with E-state index in [0.29, 0.717) is 0 Å². The Kier molecular flexibility index (Phi) is 8.75. The highest BCUT2D eigenvalue weighted by atomic mass is 16.7. The molecular weight excluding hydrogens is 392 g/mol. The van der Waals surface area contributed by atoms with Crippen LogP contribution in [-0.4, -0.2) is 58.6 Å². The molecular formula is C22H38O8. The maximum Gasteiger partial charge on any atom is 0.509 e. The number of aliphatic hydroxyl groups is 1. The standard InChI is InChI=1S/C22H38O8/c1-20(2,3)28-17-13-15(27-19(25)30-22(7,8)9)11-10-14(12-16(17)23)26-18(24)29-21(4,5)6/h10-11,14-17,23H,12-13H2,1-9H3/b11-10+. The molecule has 0 saturated heterocycles. The molecule has 8 nitrogen and oxygen atoms in total. The van der Waals surface area contributed by atoms with Gasteiger partial charge in [-0.1, -0.05) is 0 Å². The van der Waals surface area contributed by atoms with Crippen LogP contribution in [0, 0.1) is 0 Å². The maximum absolute atomic E-state index is 12.1. The summed E-state index contributed by atoms with van der Waals surface area (Å²) in [5.41, 5.74) is -1.95. The second kappa shape index (κ2) is 10.0. The van der Waals surface area contributed by atoms with Crippen LogP contribution < -0.4 is 0 Å². The lowest BCUT2D eigenvalue weighted by molar-refractivity contribution is -0.133. The van der Waals surface area contributed by atoms with Crippen molar-refractivity contribution in [3.05, 3.63) is 12.2 Å². The third kappa shape index (κ3) is 11.4. The van der Waals surface area contributed by atoms with Crippen LogP contribution in [0.2, 0.25) is 0 Å². The predicted octanol–water partition coefficient (Wildman–Crippen LogP) is 4.52. The first-order valence-electron chi connectivity index (χ1n) is 10.3. The molecule has 174 valence electrons. The Morgan fingerprint density at radius 3 is 1.50 bits per heavy atom. The summed E-state index contributed by atoms with van der Waals surface area (Å²) in [6.45, 7) is 16.0. The summed E-state index contributed by atoms with van der Waals surface area (Å²) < 4.78 is 27.2. The molecule has 0 heterocycles. The summed E-state index contributed by atoms with van der Waals surface area (Å²) in [5, 5.41) is 10.7. The van der Waals surface area contributed by atoms with E-state index in [-0.39, 0.29) is 12.8 Å². The second-order valence-corrected chi connectivity index (χ2v) is 10.4. The van der Waals surface area contributed by atoms with Gasteiger partial charge in [-0.3, -0.25) is 0 Å². The number of hydrogen-bond donors (Lipinski definition) is 1. The smallest absolute Gasteiger partial charge is 0.429 e. The van der Waals surface area contributed by atoms with Gasteiger partial charge in [0, 0.05) is 12.8 Å². The third-order valence-electron chi connectivity index (χ3n) is 3.69. The Balaban J connectivity index is 2.99. The molecule has 0 amide bonds. The van der Waals surface area contributed by atoms with Crippen molar-refractivity contribution in [2.45, 2.75) is 116 Å². The predicted molar refractivity (Wildman–Crippen MR) is 111 cm³/mol. The minimum absolute atomic E-state index is 0.121. The monoisotopic (exact) mass is 430 g/mol. The average Bonchev–Trinajstić information content (AvgIpc) is 2.45. The van der Waals surface area contributed by atoms with Crippen LogP contribution in [0.4, 0.5) is 9.59 Å². The molecule has 0 aromatic heterocycles. The quantitative estimate of drug-likeness (QED) is 0.515. The Hall–Kier alpha value is -1.80.